The van der Waals surface area contributed by atoms with Gasteiger partial charge in [0.2, 0.25) is 11.8 Å². The van der Waals surface area contributed by atoms with Gasteiger partial charge in [0.05, 0.1) is 11.8 Å². The molecule has 0 unspecified atom stereocenters. The molecule has 0 aliphatic rings. The Morgan fingerprint density at radius 2 is 1.40 bits per heavy atom. The van der Waals surface area contributed by atoms with Crippen molar-refractivity contribution in [3.63, 3.8) is 0 Å². The number of carbonyl (C=O) groups excluding carboxylic acids is 1. The van der Waals surface area contributed by atoms with E-state index in [9.17, 15) is 4.79 Å². The van der Waals surface area contributed by atoms with Crippen molar-refractivity contribution in [2.45, 2.75) is 11.3 Å². The van der Waals surface area contributed by atoms with Gasteiger partial charge in [0.25, 0.3) is 5.22 Å². The zero-order chi connectivity index (χ0) is 20.8. The largest absolute Gasteiger partial charge is 0.411 e. The third-order valence-corrected chi connectivity index (χ3v) is 5.56. The molecule has 150 valence electrons. The first-order valence-electron chi connectivity index (χ1n) is 9.59. The Bertz CT molecular complexity index is 1050. The van der Waals surface area contributed by atoms with Gasteiger partial charge in [-0.15, -0.1) is 10.2 Å². The fraction of sp³-hybridized carbons (Fsp3) is 0.125. The first kappa shape index (κ1) is 19.9. The Kier molecular flexibility index (Phi) is 6.25. The monoisotopic (exact) mass is 415 g/mol. The van der Waals surface area contributed by atoms with Crippen LogP contribution in [0.5, 0.6) is 0 Å². The summed E-state index contributed by atoms with van der Waals surface area (Å²) >= 11 is 1.25. The molecule has 3 aromatic carbocycles. The van der Waals surface area contributed by atoms with Gasteiger partial charge in [-0.1, -0.05) is 90.6 Å². The van der Waals surface area contributed by atoms with Crippen molar-refractivity contribution in [3.8, 4) is 11.5 Å². The summed E-state index contributed by atoms with van der Waals surface area (Å²) in [5, 5.41) is 8.52. The van der Waals surface area contributed by atoms with Crippen molar-refractivity contribution >= 4 is 17.7 Å². The van der Waals surface area contributed by atoms with Crippen molar-refractivity contribution < 1.29 is 9.21 Å². The van der Waals surface area contributed by atoms with Gasteiger partial charge in [-0.25, -0.2) is 0 Å². The van der Waals surface area contributed by atoms with Crippen LogP contribution in [0, 0.1) is 0 Å². The van der Waals surface area contributed by atoms with E-state index in [0.717, 1.165) is 16.7 Å². The maximum absolute atomic E-state index is 13.0. The van der Waals surface area contributed by atoms with Crippen LogP contribution in [0.2, 0.25) is 0 Å². The number of hydrogen-bond donors (Lipinski definition) is 0. The van der Waals surface area contributed by atoms with Crippen LogP contribution in [0.1, 0.15) is 17.2 Å². The molecule has 1 heterocycles. The average Bonchev–Trinajstić information content (AvgIpc) is 3.29. The van der Waals surface area contributed by atoms with Gasteiger partial charge in [-0.3, -0.25) is 4.79 Å². The Labute approximate surface area is 179 Å². The molecule has 6 heteroatoms. The molecule has 0 aliphatic carbocycles. The van der Waals surface area contributed by atoms with Crippen LogP contribution in [0.25, 0.3) is 11.5 Å². The number of rotatable bonds is 7. The number of benzene rings is 3. The van der Waals surface area contributed by atoms with Crippen LogP contribution < -0.4 is 0 Å². The molecule has 4 aromatic rings. The molecular formula is C24H21N3O2S. The Morgan fingerprint density at radius 1 is 0.867 bits per heavy atom. The Balaban J connectivity index is 1.47. The number of nitrogens with zero attached hydrogens (tertiary/aromatic N) is 3. The van der Waals surface area contributed by atoms with E-state index in [-0.39, 0.29) is 17.7 Å². The predicted octanol–water partition coefficient (Wildman–Crippen LogP) is 5.08. The van der Waals surface area contributed by atoms with Crippen LogP contribution in [-0.4, -0.2) is 33.8 Å². The van der Waals surface area contributed by atoms with E-state index >= 15 is 0 Å². The van der Waals surface area contributed by atoms with E-state index in [0.29, 0.717) is 11.1 Å². The third kappa shape index (κ3) is 4.60. The van der Waals surface area contributed by atoms with Gasteiger partial charge in [0, 0.05) is 12.6 Å². The summed E-state index contributed by atoms with van der Waals surface area (Å²) in [4.78, 5) is 14.8. The fourth-order valence-corrected chi connectivity index (χ4v) is 3.93. The van der Waals surface area contributed by atoms with Crippen LogP contribution in [0.15, 0.2) is 101 Å². The quantitative estimate of drug-likeness (QED) is 0.394. The predicted molar refractivity (Wildman–Crippen MR) is 118 cm³/mol. The molecule has 0 fully saturated rings. The van der Waals surface area contributed by atoms with Crippen molar-refractivity contribution in [2.24, 2.45) is 0 Å². The molecule has 4 rings (SSSR count). The highest BCUT2D eigenvalue weighted by Gasteiger charge is 2.24. The molecule has 0 atom stereocenters. The highest BCUT2D eigenvalue weighted by Crippen LogP contribution is 2.29. The summed E-state index contributed by atoms with van der Waals surface area (Å²) in [7, 11) is 1.83. The summed E-state index contributed by atoms with van der Waals surface area (Å²) in [5.41, 5.74) is 2.98. The highest BCUT2D eigenvalue weighted by atomic mass is 32.2. The SMILES string of the molecule is CN(C(=O)CSc1nnc(-c2ccccc2)o1)C(c1ccccc1)c1ccccc1. The topological polar surface area (TPSA) is 59.2 Å². The second kappa shape index (κ2) is 9.41. The van der Waals surface area contributed by atoms with Crippen LogP contribution in [0.3, 0.4) is 0 Å². The van der Waals surface area contributed by atoms with Gasteiger partial charge in [0.15, 0.2) is 0 Å². The summed E-state index contributed by atoms with van der Waals surface area (Å²) in [5.74, 6) is 0.644. The minimum Gasteiger partial charge on any atom is -0.411 e. The van der Waals surface area contributed by atoms with E-state index in [2.05, 4.69) is 10.2 Å². The smallest absolute Gasteiger partial charge is 0.277 e. The van der Waals surface area contributed by atoms with Crippen molar-refractivity contribution in [2.75, 3.05) is 12.8 Å². The normalized spacial score (nSPS) is 10.9. The molecule has 0 saturated carbocycles. The molecule has 1 amide bonds. The van der Waals surface area contributed by atoms with Gasteiger partial charge in [-0.05, 0) is 23.3 Å². The zero-order valence-corrected chi connectivity index (χ0v) is 17.3. The standard InChI is InChI=1S/C24H21N3O2S/c1-27(22(18-11-5-2-6-12-18)19-13-7-3-8-14-19)21(28)17-30-24-26-25-23(29-24)20-15-9-4-10-16-20/h2-16,22H,17H2,1H3. The molecular weight excluding hydrogens is 394 g/mol. The van der Waals surface area contributed by atoms with Crippen molar-refractivity contribution in [1.29, 1.82) is 0 Å². The number of hydrogen-bond acceptors (Lipinski definition) is 5. The lowest BCUT2D eigenvalue weighted by Gasteiger charge is -2.29. The zero-order valence-electron chi connectivity index (χ0n) is 16.5. The summed E-state index contributed by atoms with van der Waals surface area (Å²) in [6.45, 7) is 0. The Morgan fingerprint density at radius 3 is 1.97 bits per heavy atom. The molecule has 0 spiro atoms. The third-order valence-electron chi connectivity index (χ3n) is 4.76. The van der Waals surface area contributed by atoms with E-state index in [4.69, 9.17) is 4.42 Å². The first-order valence-corrected chi connectivity index (χ1v) is 10.6. The maximum atomic E-state index is 13.0. The van der Waals surface area contributed by atoms with Crippen LogP contribution in [0.4, 0.5) is 0 Å². The average molecular weight is 416 g/mol. The van der Waals surface area contributed by atoms with Crippen LogP contribution in [-0.2, 0) is 4.79 Å². The van der Waals surface area contributed by atoms with Crippen molar-refractivity contribution in [3.05, 3.63) is 102 Å². The van der Waals surface area contributed by atoms with Crippen LogP contribution >= 0.6 is 11.8 Å². The fourth-order valence-electron chi connectivity index (χ4n) is 3.25. The minimum atomic E-state index is -0.164. The lowest BCUT2D eigenvalue weighted by Crippen LogP contribution is -2.33. The number of amides is 1. The minimum absolute atomic E-state index is 0.0165. The molecule has 0 aliphatic heterocycles. The van der Waals surface area contributed by atoms with Gasteiger partial charge >= 0.3 is 0 Å². The van der Waals surface area contributed by atoms with Gasteiger partial charge < -0.3 is 9.32 Å². The van der Waals surface area contributed by atoms with Gasteiger partial charge in [-0.2, -0.15) is 0 Å². The molecule has 0 N–H and O–H groups in total. The highest BCUT2D eigenvalue weighted by molar-refractivity contribution is 7.99. The second-order valence-corrected chi connectivity index (χ2v) is 7.68. The maximum Gasteiger partial charge on any atom is 0.277 e. The summed E-state index contributed by atoms with van der Waals surface area (Å²) in [6.07, 6.45) is 0. The second-order valence-electron chi connectivity index (χ2n) is 6.76. The number of thioether (sulfide) groups is 1. The number of aromatic nitrogens is 2. The lowest BCUT2D eigenvalue weighted by molar-refractivity contribution is -0.128. The Hall–Kier alpha value is -3.38. The van der Waals surface area contributed by atoms with E-state index in [1.54, 1.807) is 4.90 Å². The van der Waals surface area contributed by atoms with E-state index < -0.39 is 0 Å². The van der Waals surface area contributed by atoms with E-state index in [1.165, 1.54) is 11.8 Å². The van der Waals surface area contributed by atoms with Gasteiger partial charge in [0.1, 0.15) is 0 Å². The molecule has 0 radical (unpaired) electrons. The lowest BCUT2D eigenvalue weighted by atomic mass is 9.97. The van der Waals surface area contributed by atoms with Crippen molar-refractivity contribution in [1.82, 2.24) is 15.1 Å². The molecule has 0 bridgehead atoms. The molecule has 5 nitrogen and oxygen atoms in total. The summed E-state index contributed by atoms with van der Waals surface area (Å²) < 4.78 is 5.70. The molecule has 0 saturated heterocycles. The molecule has 30 heavy (non-hydrogen) atoms. The van der Waals surface area contributed by atoms with E-state index in [1.807, 2.05) is 98.0 Å². The summed E-state index contributed by atoms with van der Waals surface area (Å²) in [6, 6.07) is 29.5. The molecule has 1 aromatic heterocycles. The first-order chi connectivity index (χ1) is 14.7. The number of carbonyl (C=O) groups is 1.